The molecule has 25 heavy (non-hydrogen) atoms. The van der Waals surface area contributed by atoms with Gasteiger partial charge in [0.1, 0.15) is 5.69 Å². The van der Waals surface area contributed by atoms with Crippen molar-refractivity contribution in [2.45, 2.75) is 18.7 Å². The molecule has 2 aromatic heterocycles. The molecule has 3 heterocycles. The van der Waals surface area contributed by atoms with Crippen LogP contribution in [0, 0.1) is 0 Å². The standard InChI is InChI=1S/C18H18N4O2S/c23-16-11-22(9-13-7-12-3-1-2-4-17(12)25-13)10-15(16)21-18(24)14-8-19-5-6-20-14/h1-8,15-16,23H,9-11H2,(H,21,24)/t15-,16-/m1/s1. The van der Waals surface area contributed by atoms with E-state index in [1.165, 1.54) is 33.6 Å². The van der Waals surface area contributed by atoms with Crippen LogP contribution in [0.15, 0.2) is 48.9 Å². The van der Waals surface area contributed by atoms with Gasteiger partial charge in [-0.1, -0.05) is 18.2 Å². The molecule has 6 nitrogen and oxygen atoms in total. The number of aliphatic hydroxyl groups excluding tert-OH is 1. The lowest BCUT2D eigenvalue weighted by atomic mass is 10.2. The Morgan fingerprint density at radius 1 is 1.32 bits per heavy atom. The molecule has 128 valence electrons. The van der Waals surface area contributed by atoms with E-state index < -0.39 is 6.10 Å². The number of fused-ring (bicyclic) bond motifs is 1. The van der Waals surface area contributed by atoms with Crippen molar-refractivity contribution in [3.8, 4) is 0 Å². The molecule has 0 unspecified atom stereocenters. The molecular weight excluding hydrogens is 336 g/mol. The third-order valence-corrected chi connectivity index (χ3v) is 5.43. The Balaban J connectivity index is 1.40. The van der Waals surface area contributed by atoms with Crippen molar-refractivity contribution in [3.63, 3.8) is 0 Å². The molecule has 1 fully saturated rings. The van der Waals surface area contributed by atoms with Crippen molar-refractivity contribution in [2.24, 2.45) is 0 Å². The van der Waals surface area contributed by atoms with Crippen LogP contribution >= 0.6 is 11.3 Å². The fourth-order valence-electron chi connectivity index (χ4n) is 3.13. The van der Waals surface area contributed by atoms with Crippen molar-refractivity contribution in [2.75, 3.05) is 13.1 Å². The zero-order valence-corrected chi connectivity index (χ0v) is 14.3. The number of aliphatic hydroxyl groups is 1. The summed E-state index contributed by atoms with van der Waals surface area (Å²) in [5.74, 6) is -0.305. The Bertz CT molecular complexity index is 850. The largest absolute Gasteiger partial charge is 0.390 e. The average Bonchev–Trinajstić information content (AvgIpc) is 3.18. The summed E-state index contributed by atoms with van der Waals surface area (Å²) in [6, 6.07) is 10.2. The van der Waals surface area contributed by atoms with Gasteiger partial charge in [0.15, 0.2) is 0 Å². The molecule has 0 aliphatic carbocycles. The molecule has 7 heteroatoms. The van der Waals surface area contributed by atoms with Crippen molar-refractivity contribution in [1.29, 1.82) is 0 Å². The van der Waals surface area contributed by atoms with Crippen LogP contribution in [-0.4, -0.2) is 51.1 Å². The van der Waals surface area contributed by atoms with Crippen molar-refractivity contribution < 1.29 is 9.90 Å². The van der Waals surface area contributed by atoms with Gasteiger partial charge < -0.3 is 10.4 Å². The predicted octanol–water partition coefficient (Wildman–Crippen LogP) is 1.67. The molecule has 1 aromatic carbocycles. The Labute approximate surface area is 149 Å². The lowest BCUT2D eigenvalue weighted by Gasteiger charge is -2.16. The van der Waals surface area contributed by atoms with Gasteiger partial charge in [0.25, 0.3) is 5.91 Å². The molecule has 1 aliphatic rings. The van der Waals surface area contributed by atoms with E-state index in [1.54, 1.807) is 11.3 Å². The number of nitrogens with one attached hydrogen (secondary N) is 1. The van der Waals surface area contributed by atoms with E-state index in [9.17, 15) is 9.90 Å². The zero-order valence-electron chi connectivity index (χ0n) is 13.5. The number of hydrogen-bond acceptors (Lipinski definition) is 6. The number of β-amino-alcohol motifs (C(OH)–C–C–N with tert-alkyl or cyclic N) is 1. The minimum absolute atomic E-state index is 0.262. The summed E-state index contributed by atoms with van der Waals surface area (Å²) in [6.07, 6.45) is 3.84. The maximum Gasteiger partial charge on any atom is 0.271 e. The normalized spacial score (nSPS) is 20.8. The minimum atomic E-state index is -0.588. The van der Waals surface area contributed by atoms with Crippen molar-refractivity contribution in [3.05, 3.63) is 59.5 Å². The van der Waals surface area contributed by atoms with E-state index in [2.05, 4.69) is 38.4 Å². The number of nitrogens with zero attached hydrogens (tertiary/aromatic N) is 3. The smallest absolute Gasteiger partial charge is 0.271 e. The highest BCUT2D eigenvalue weighted by Crippen LogP contribution is 2.27. The van der Waals surface area contributed by atoms with Gasteiger partial charge in [-0.05, 0) is 17.5 Å². The second-order valence-corrected chi connectivity index (χ2v) is 7.35. The van der Waals surface area contributed by atoms with Crippen molar-refractivity contribution in [1.82, 2.24) is 20.2 Å². The van der Waals surface area contributed by atoms with E-state index in [0.29, 0.717) is 13.1 Å². The predicted molar refractivity (Wildman–Crippen MR) is 96.4 cm³/mol. The summed E-state index contributed by atoms with van der Waals surface area (Å²) < 4.78 is 1.27. The summed E-state index contributed by atoms with van der Waals surface area (Å²) in [5.41, 5.74) is 0.262. The lowest BCUT2D eigenvalue weighted by Crippen LogP contribution is -2.43. The Morgan fingerprint density at radius 3 is 3.00 bits per heavy atom. The highest BCUT2D eigenvalue weighted by Gasteiger charge is 2.32. The van der Waals surface area contributed by atoms with Crippen molar-refractivity contribution >= 4 is 27.3 Å². The second-order valence-electron chi connectivity index (χ2n) is 6.18. The van der Waals surface area contributed by atoms with E-state index in [4.69, 9.17) is 0 Å². The van der Waals surface area contributed by atoms with Crippen LogP contribution in [0.4, 0.5) is 0 Å². The topological polar surface area (TPSA) is 78.4 Å². The van der Waals surface area contributed by atoms with Gasteiger partial charge in [-0.2, -0.15) is 0 Å². The highest BCUT2D eigenvalue weighted by molar-refractivity contribution is 7.19. The Morgan fingerprint density at radius 2 is 2.20 bits per heavy atom. The molecular formula is C18H18N4O2S. The average molecular weight is 354 g/mol. The number of carbonyl (C=O) groups excluding carboxylic acids is 1. The number of thiophene rings is 1. The minimum Gasteiger partial charge on any atom is -0.390 e. The quantitative estimate of drug-likeness (QED) is 0.745. The number of likely N-dealkylation sites (tertiary alicyclic amines) is 1. The first-order valence-electron chi connectivity index (χ1n) is 8.14. The summed E-state index contributed by atoms with van der Waals surface area (Å²) >= 11 is 1.77. The number of aromatic nitrogens is 2. The number of carbonyl (C=O) groups is 1. The van der Waals surface area contributed by atoms with Gasteiger partial charge >= 0.3 is 0 Å². The SMILES string of the molecule is O=C(N[C@@H]1CN(Cc2cc3ccccc3s2)C[C@H]1O)c1cnccn1. The maximum atomic E-state index is 12.2. The fraction of sp³-hybridized carbons (Fsp3) is 0.278. The zero-order chi connectivity index (χ0) is 17.2. The Kier molecular flexibility index (Phi) is 4.44. The van der Waals surface area contributed by atoms with Gasteiger partial charge in [0.05, 0.1) is 18.3 Å². The van der Waals surface area contributed by atoms with Crippen LogP contribution in [0.1, 0.15) is 15.4 Å². The molecule has 3 aromatic rings. The molecule has 0 saturated carbocycles. The molecule has 1 saturated heterocycles. The van der Waals surface area contributed by atoms with E-state index in [0.717, 1.165) is 6.54 Å². The molecule has 2 atom stereocenters. The molecule has 0 bridgehead atoms. The fourth-order valence-corrected chi connectivity index (χ4v) is 4.24. The molecule has 0 radical (unpaired) electrons. The molecule has 4 rings (SSSR count). The second kappa shape index (κ2) is 6.87. The summed E-state index contributed by atoms with van der Waals surface area (Å²) in [4.78, 5) is 23.5. The van der Waals surface area contributed by atoms with Crippen LogP contribution in [0.25, 0.3) is 10.1 Å². The third kappa shape index (κ3) is 3.53. The number of hydrogen-bond donors (Lipinski definition) is 2. The number of amides is 1. The monoisotopic (exact) mass is 354 g/mol. The lowest BCUT2D eigenvalue weighted by molar-refractivity contribution is 0.0883. The van der Waals surface area contributed by atoms with Gasteiger partial charge in [0.2, 0.25) is 0 Å². The first-order chi connectivity index (χ1) is 12.2. The summed E-state index contributed by atoms with van der Waals surface area (Å²) in [5, 5.41) is 14.4. The maximum absolute atomic E-state index is 12.2. The van der Waals surface area contributed by atoms with Crippen LogP contribution in [0.3, 0.4) is 0 Å². The third-order valence-electron chi connectivity index (χ3n) is 4.33. The molecule has 2 N–H and O–H groups in total. The first kappa shape index (κ1) is 16.1. The summed E-state index contributed by atoms with van der Waals surface area (Å²) in [6.45, 7) is 1.93. The number of benzene rings is 1. The van der Waals surface area contributed by atoms with E-state index in [-0.39, 0.29) is 17.6 Å². The van der Waals surface area contributed by atoms with Crippen LogP contribution in [0.5, 0.6) is 0 Å². The number of rotatable bonds is 4. The van der Waals surface area contributed by atoms with Gasteiger partial charge in [-0.3, -0.25) is 14.7 Å². The van der Waals surface area contributed by atoms with Crippen LogP contribution < -0.4 is 5.32 Å². The van der Waals surface area contributed by atoms with Crippen LogP contribution in [0.2, 0.25) is 0 Å². The van der Waals surface area contributed by atoms with Crippen LogP contribution in [-0.2, 0) is 6.54 Å². The van der Waals surface area contributed by atoms with E-state index >= 15 is 0 Å². The molecule has 1 amide bonds. The van der Waals surface area contributed by atoms with E-state index in [1.807, 2.05) is 12.1 Å². The first-order valence-corrected chi connectivity index (χ1v) is 8.95. The van der Waals surface area contributed by atoms with Gasteiger partial charge in [-0.15, -0.1) is 11.3 Å². The Hall–Kier alpha value is -2.35. The summed E-state index contributed by atoms with van der Waals surface area (Å²) in [7, 11) is 0. The highest BCUT2D eigenvalue weighted by atomic mass is 32.1. The molecule has 1 aliphatic heterocycles. The molecule has 0 spiro atoms. The van der Waals surface area contributed by atoms with Gasteiger partial charge in [-0.25, -0.2) is 4.98 Å². The van der Waals surface area contributed by atoms with Gasteiger partial charge in [0, 0.05) is 41.6 Å².